The molecule has 0 aliphatic heterocycles. The van der Waals surface area contributed by atoms with Gasteiger partial charge in [-0.25, -0.2) is 0 Å². The molecule has 0 spiro atoms. The number of nitrogens with zero attached hydrogens (tertiary/aromatic N) is 1. The molecule has 1 heteroatoms. The lowest BCUT2D eigenvalue weighted by molar-refractivity contribution is 0.666. The Morgan fingerprint density at radius 3 is 1.60 bits per heavy atom. The van der Waals surface area contributed by atoms with Gasteiger partial charge in [0.25, 0.3) is 0 Å². The van der Waals surface area contributed by atoms with E-state index in [1.54, 1.807) is 0 Å². The molecule has 0 N–H and O–H groups in total. The molecule has 0 fully saturated rings. The minimum Gasteiger partial charge on any atom is -0.310 e. The lowest BCUT2D eigenvalue weighted by Gasteiger charge is -2.35. The maximum absolute atomic E-state index is 2.48. The second-order valence-corrected chi connectivity index (χ2v) is 16.1. The Hall–Kier alpha value is -6.96. The molecule has 0 aromatic heterocycles. The van der Waals surface area contributed by atoms with E-state index in [4.69, 9.17) is 0 Å². The summed E-state index contributed by atoms with van der Waals surface area (Å²) in [6.45, 7) is 4.80. The highest BCUT2D eigenvalue weighted by Gasteiger charge is 2.46. The average molecular weight is 728 g/mol. The van der Waals surface area contributed by atoms with Crippen LogP contribution in [-0.4, -0.2) is 0 Å². The molecule has 0 unspecified atom stereocenters. The summed E-state index contributed by atoms with van der Waals surface area (Å²) in [6, 6.07) is 78.7. The van der Waals surface area contributed by atoms with Gasteiger partial charge in [-0.1, -0.05) is 190 Å². The van der Waals surface area contributed by atoms with Crippen molar-refractivity contribution in [2.24, 2.45) is 0 Å². The van der Waals surface area contributed by atoms with Crippen LogP contribution in [0.2, 0.25) is 0 Å². The summed E-state index contributed by atoms with van der Waals surface area (Å²) in [5.41, 5.74) is 18.2. The maximum atomic E-state index is 2.48. The smallest absolute Gasteiger partial charge is 0.0714 e. The molecular formula is C56H41N. The summed E-state index contributed by atoms with van der Waals surface area (Å²) in [5.74, 6) is 0. The fourth-order valence-electron chi connectivity index (χ4n) is 10.2. The van der Waals surface area contributed by atoms with E-state index in [-0.39, 0.29) is 5.41 Å². The van der Waals surface area contributed by atoms with Crippen molar-refractivity contribution in [2.45, 2.75) is 24.7 Å². The van der Waals surface area contributed by atoms with Crippen molar-refractivity contribution in [1.82, 2.24) is 0 Å². The number of hydrogen-bond acceptors (Lipinski definition) is 1. The maximum Gasteiger partial charge on any atom is 0.0714 e. The summed E-state index contributed by atoms with van der Waals surface area (Å²) in [4.78, 5) is 2.48. The third kappa shape index (κ3) is 4.95. The van der Waals surface area contributed by atoms with Crippen LogP contribution in [0.15, 0.2) is 212 Å². The summed E-state index contributed by atoms with van der Waals surface area (Å²) in [5, 5.41) is 2.62. The van der Waals surface area contributed by atoms with Crippen LogP contribution >= 0.6 is 0 Å². The molecule has 0 bridgehead atoms. The van der Waals surface area contributed by atoms with Gasteiger partial charge in [0.05, 0.1) is 5.41 Å². The van der Waals surface area contributed by atoms with Gasteiger partial charge in [0.1, 0.15) is 0 Å². The van der Waals surface area contributed by atoms with Gasteiger partial charge in [-0.15, -0.1) is 0 Å². The molecule has 9 aromatic rings. The van der Waals surface area contributed by atoms with Gasteiger partial charge in [-0.05, 0) is 114 Å². The Morgan fingerprint density at radius 1 is 0.351 bits per heavy atom. The van der Waals surface area contributed by atoms with Gasteiger partial charge in [0.15, 0.2) is 0 Å². The fourth-order valence-corrected chi connectivity index (χ4v) is 10.2. The second-order valence-electron chi connectivity index (χ2n) is 16.1. The zero-order chi connectivity index (χ0) is 38.1. The van der Waals surface area contributed by atoms with Crippen LogP contribution in [-0.2, 0) is 10.8 Å². The SMILES string of the molecule is CC1(C)c2cc(N(c3cccc(-c4ccccc4)c3)c3ccc4c(c3)C(c3ccccc3)(c3ccccc3)c3ccccc3-4)ccc2-c2ccc3ccccc3c21. The first-order valence-electron chi connectivity index (χ1n) is 20.0. The molecular weight excluding hydrogens is 687 g/mol. The number of fused-ring (bicyclic) bond motifs is 8. The Morgan fingerprint density at radius 2 is 0.877 bits per heavy atom. The van der Waals surface area contributed by atoms with E-state index < -0.39 is 5.41 Å². The molecule has 9 aromatic carbocycles. The molecule has 2 aliphatic carbocycles. The fraction of sp³-hybridized carbons (Fsp3) is 0.0714. The summed E-state index contributed by atoms with van der Waals surface area (Å²) >= 11 is 0. The van der Waals surface area contributed by atoms with Crippen LogP contribution in [0.4, 0.5) is 17.1 Å². The van der Waals surface area contributed by atoms with Crippen molar-refractivity contribution in [3.63, 3.8) is 0 Å². The number of rotatable bonds is 6. The molecule has 0 amide bonds. The predicted octanol–water partition coefficient (Wildman–Crippen LogP) is 14.6. The van der Waals surface area contributed by atoms with Crippen molar-refractivity contribution in [3.05, 3.63) is 246 Å². The first kappa shape index (κ1) is 33.4. The molecule has 270 valence electrons. The molecule has 1 nitrogen and oxygen atoms in total. The van der Waals surface area contributed by atoms with Crippen LogP contribution in [0.1, 0.15) is 47.2 Å². The molecule has 0 radical (unpaired) electrons. The van der Waals surface area contributed by atoms with Crippen LogP contribution < -0.4 is 4.90 Å². The van der Waals surface area contributed by atoms with E-state index in [2.05, 4.69) is 231 Å². The van der Waals surface area contributed by atoms with E-state index in [0.717, 1.165) is 17.1 Å². The highest BCUT2D eigenvalue weighted by atomic mass is 15.1. The molecule has 0 atom stereocenters. The molecule has 0 saturated carbocycles. The van der Waals surface area contributed by atoms with Crippen molar-refractivity contribution in [1.29, 1.82) is 0 Å². The topological polar surface area (TPSA) is 3.24 Å². The lowest BCUT2D eigenvalue weighted by atomic mass is 9.67. The number of benzene rings is 9. The standard InChI is InChI=1S/C56H41N/c1-55(2)52-36-44(31-34-49(52)50-32-29-39-19-12-13-26-46(39)54(50)55)57(43-25-16-20-40(35-43)38-17-6-3-7-18-38)45-30-33-48-47-27-14-15-28-51(47)56(53(48)37-45,41-21-8-4-9-22-41)42-23-10-5-11-24-42/h3-37H,1-2H3. The van der Waals surface area contributed by atoms with Gasteiger partial charge in [-0.3, -0.25) is 0 Å². The van der Waals surface area contributed by atoms with Crippen molar-refractivity contribution in [3.8, 4) is 33.4 Å². The first-order chi connectivity index (χ1) is 28.0. The van der Waals surface area contributed by atoms with Crippen LogP contribution in [0.5, 0.6) is 0 Å². The Labute approximate surface area is 335 Å². The van der Waals surface area contributed by atoms with Gasteiger partial charge in [0.2, 0.25) is 0 Å². The summed E-state index contributed by atoms with van der Waals surface area (Å²) < 4.78 is 0. The van der Waals surface area contributed by atoms with E-state index in [0.29, 0.717) is 0 Å². The van der Waals surface area contributed by atoms with Gasteiger partial charge in [-0.2, -0.15) is 0 Å². The highest BCUT2D eigenvalue weighted by Crippen LogP contribution is 2.58. The van der Waals surface area contributed by atoms with Crippen LogP contribution in [0.3, 0.4) is 0 Å². The summed E-state index contributed by atoms with van der Waals surface area (Å²) in [6.07, 6.45) is 0. The number of anilines is 3. The second kappa shape index (κ2) is 12.8. The predicted molar refractivity (Wildman–Crippen MR) is 239 cm³/mol. The zero-order valence-corrected chi connectivity index (χ0v) is 32.2. The highest BCUT2D eigenvalue weighted by molar-refractivity contribution is 5.98. The van der Waals surface area contributed by atoms with E-state index >= 15 is 0 Å². The van der Waals surface area contributed by atoms with Crippen molar-refractivity contribution in [2.75, 3.05) is 4.90 Å². The Balaban J connectivity index is 1.16. The Bertz CT molecular complexity index is 2940. The minimum absolute atomic E-state index is 0.186. The third-order valence-corrected chi connectivity index (χ3v) is 12.7. The minimum atomic E-state index is -0.495. The Kier molecular flexibility index (Phi) is 7.50. The van der Waals surface area contributed by atoms with Crippen LogP contribution in [0, 0.1) is 0 Å². The molecule has 0 saturated heterocycles. The van der Waals surface area contributed by atoms with Crippen molar-refractivity contribution >= 4 is 27.8 Å². The van der Waals surface area contributed by atoms with E-state index in [1.807, 2.05) is 0 Å². The molecule has 11 rings (SSSR count). The number of hydrogen-bond donors (Lipinski definition) is 0. The monoisotopic (exact) mass is 727 g/mol. The van der Waals surface area contributed by atoms with Gasteiger partial charge in [0, 0.05) is 22.5 Å². The molecule has 0 heterocycles. The largest absolute Gasteiger partial charge is 0.310 e. The third-order valence-electron chi connectivity index (χ3n) is 12.7. The first-order valence-corrected chi connectivity index (χ1v) is 20.0. The average Bonchev–Trinajstić information content (AvgIpc) is 3.70. The van der Waals surface area contributed by atoms with Gasteiger partial charge < -0.3 is 4.90 Å². The molecule has 2 aliphatic rings. The zero-order valence-electron chi connectivity index (χ0n) is 32.2. The quantitative estimate of drug-likeness (QED) is 0.165. The van der Waals surface area contributed by atoms with E-state index in [1.165, 1.54) is 77.5 Å². The van der Waals surface area contributed by atoms with Crippen LogP contribution in [0.25, 0.3) is 44.2 Å². The lowest BCUT2D eigenvalue weighted by Crippen LogP contribution is -2.28. The molecule has 57 heavy (non-hydrogen) atoms. The van der Waals surface area contributed by atoms with Crippen molar-refractivity contribution < 1.29 is 0 Å². The van der Waals surface area contributed by atoms with E-state index in [9.17, 15) is 0 Å². The van der Waals surface area contributed by atoms with Gasteiger partial charge >= 0.3 is 0 Å². The normalized spacial score (nSPS) is 14.1. The summed E-state index contributed by atoms with van der Waals surface area (Å²) in [7, 11) is 0.